The molecular formula is C23H29ClN2O5. The number of benzene rings is 2. The van der Waals surface area contributed by atoms with E-state index in [1.54, 1.807) is 19.1 Å². The van der Waals surface area contributed by atoms with E-state index < -0.39 is 0 Å². The topological polar surface area (TPSA) is 60.5 Å². The molecule has 0 spiro atoms. The Morgan fingerprint density at radius 3 is 2.32 bits per heavy atom. The van der Waals surface area contributed by atoms with Gasteiger partial charge in [-0.15, -0.1) is 12.4 Å². The molecule has 0 bridgehead atoms. The van der Waals surface area contributed by atoms with Gasteiger partial charge in [-0.25, -0.2) is 4.79 Å². The van der Waals surface area contributed by atoms with Gasteiger partial charge in [-0.05, 0) is 49.2 Å². The van der Waals surface area contributed by atoms with E-state index in [9.17, 15) is 4.79 Å². The van der Waals surface area contributed by atoms with Gasteiger partial charge in [0.25, 0.3) is 0 Å². The number of ether oxygens (including phenoxy) is 4. The van der Waals surface area contributed by atoms with Gasteiger partial charge in [-0.2, -0.15) is 0 Å². The number of hydrogen-bond donors (Lipinski definition) is 0. The lowest BCUT2D eigenvalue weighted by atomic mass is 10.1. The molecule has 0 unspecified atom stereocenters. The lowest BCUT2D eigenvalue weighted by Gasteiger charge is -2.33. The highest BCUT2D eigenvalue weighted by Gasteiger charge is 2.34. The van der Waals surface area contributed by atoms with Crippen molar-refractivity contribution in [2.75, 3.05) is 45.3 Å². The molecule has 2 saturated heterocycles. The number of carbonyl (C=O) groups excluding carboxylic acids is 1. The maximum absolute atomic E-state index is 12.3. The summed E-state index contributed by atoms with van der Waals surface area (Å²) in [6, 6.07) is 15.2. The molecule has 0 aliphatic carbocycles. The van der Waals surface area contributed by atoms with Crippen LogP contribution in [0.15, 0.2) is 48.5 Å². The zero-order chi connectivity index (χ0) is 20.9. The second-order valence-electron chi connectivity index (χ2n) is 7.61. The summed E-state index contributed by atoms with van der Waals surface area (Å²) in [5.74, 6) is 2.41. The summed E-state index contributed by atoms with van der Waals surface area (Å²) >= 11 is 0. The second-order valence-corrected chi connectivity index (χ2v) is 7.61. The van der Waals surface area contributed by atoms with Crippen molar-refractivity contribution in [3.05, 3.63) is 48.5 Å². The predicted octanol–water partition coefficient (Wildman–Crippen LogP) is 3.99. The molecule has 4 rings (SSSR count). The molecule has 1 atom stereocenters. The van der Waals surface area contributed by atoms with Crippen molar-refractivity contribution in [2.45, 2.75) is 25.0 Å². The third-order valence-electron chi connectivity index (χ3n) is 5.60. The normalized spacial score (nSPS) is 19.5. The van der Waals surface area contributed by atoms with E-state index in [4.69, 9.17) is 18.9 Å². The zero-order valence-corrected chi connectivity index (χ0v) is 18.7. The molecule has 2 fully saturated rings. The van der Waals surface area contributed by atoms with Gasteiger partial charge in [0.15, 0.2) is 0 Å². The molecule has 0 N–H and O–H groups in total. The van der Waals surface area contributed by atoms with Crippen LogP contribution in [0.2, 0.25) is 0 Å². The number of methoxy groups -OCH3 is 2. The molecule has 7 nitrogen and oxygen atoms in total. The Kier molecular flexibility index (Phi) is 7.87. The summed E-state index contributed by atoms with van der Waals surface area (Å²) < 4.78 is 22.2. The van der Waals surface area contributed by atoms with Gasteiger partial charge in [0.05, 0.1) is 20.8 Å². The van der Waals surface area contributed by atoms with Crippen LogP contribution in [0.25, 0.3) is 0 Å². The number of nitrogens with zero attached hydrogens (tertiary/aromatic N) is 2. The van der Waals surface area contributed by atoms with E-state index in [1.165, 1.54) is 0 Å². The Bertz CT molecular complexity index is 855. The Morgan fingerprint density at radius 2 is 1.65 bits per heavy atom. The van der Waals surface area contributed by atoms with E-state index in [2.05, 4.69) is 4.90 Å². The number of likely N-dealkylation sites (tertiary alicyclic amines) is 1. The van der Waals surface area contributed by atoms with Crippen LogP contribution in [0.4, 0.5) is 10.5 Å². The molecule has 0 saturated carbocycles. The van der Waals surface area contributed by atoms with E-state index in [0.717, 1.165) is 55.4 Å². The Hall–Kier alpha value is -2.64. The van der Waals surface area contributed by atoms with Crippen molar-refractivity contribution in [3.8, 4) is 17.2 Å². The van der Waals surface area contributed by atoms with Gasteiger partial charge in [0, 0.05) is 31.4 Å². The van der Waals surface area contributed by atoms with Crippen molar-refractivity contribution in [1.82, 2.24) is 4.90 Å². The first-order chi connectivity index (χ1) is 14.6. The number of carbonyl (C=O) groups is 1. The zero-order valence-electron chi connectivity index (χ0n) is 17.9. The average molecular weight is 449 g/mol. The van der Waals surface area contributed by atoms with Gasteiger partial charge in [-0.1, -0.05) is 6.07 Å². The first-order valence-electron chi connectivity index (χ1n) is 10.3. The van der Waals surface area contributed by atoms with Crippen LogP contribution in [0.5, 0.6) is 17.2 Å². The summed E-state index contributed by atoms with van der Waals surface area (Å²) in [5.41, 5.74) is 0.827. The van der Waals surface area contributed by atoms with Crippen molar-refractivity contribution in [1.29, 1.82) is 0 Å². The number of rotatable bonds is 7. The van der Waals surface area contributed by atoms with Crippen LogP contribution < -0.4 is 19.1 Å². The standard InChI is InChI=1S/C23H28N2O5.ClH/c1-27-18-8-6-17(7-9-18)25-16-22(30-23(25)26)15-24-12-10-19(11-13-24)29-21-5-3-4-20(14-21)28-2;/h3-9,14,19,22H,10-13,15-16H2,1-2H3;1H/t22-;/m0./s1. The van der Waals surface area contributed by atoms with Crippen LogP contribution >= 0.6 is 12.4 Å². The van der Waals surface area contributed by atoms with Crippen molar-refractivity contribution >= 4 is 24.2 Å². The molecule has 2 aliphatic heterocycles. The molecular weight excluding hydrogens is 420 g/mol. The summed E-state index contributed by atoms with van der Waals surface area (Å²) in [4.78, 5) is 16.3. The lowest BCUT2D eigenvalue weighted by Crippen LogP contribution is -2.42. The van der Waals surface area contributed by atoms with Crippen molar-refractivity contribution in [2.24, 2.45) is 0 Å². The van der Waals surface area contributed by atoms with Gasteiger partial charge < -0.3 is 18.9 Å². The third-order valence-corrected chi connectivity index (χ3v) is 5.60. The highest BCUT2D eigenvalue weighted by atomic mass is 35.5. The van der Waals surface area contributed by atoms with E-state index in [0.29, 0.717) is 6.54 Å². The minimum absolute atomic E-state index is 0. The van der Waals surface area contributed by atoms with Gasteiger partial charge in [0.1, 0.15) is 29.5 Å². The smallest absolute Gasteiger partial charge is 0.414 e. The fraction of sp³-hybridized carbons (Fsp3) is 0.435. The number of cyclic esters (lactones) is 1. The highest BCUT2D eigenvalue weighted by molar-refractivity contribution is 5.89. The Balaban J connectivity index is 0.00000272. The summed E-state index contributed by atoms with van der Waals surface area (Å²) in [6.45, 7) is 3.14. The fourth-order valence-corrected chi connectivity index (χ4v) is 3.95. The van der Waals surface area contributed by atoms with Crippen LogP contribution in [-0.4, -0.2) is 63.6 Å². The molecule has 1 amide bonds. The highest BCUT2D eigenvalue weighted by Crippen LogP contribution is 2.26. The van der Waals surface area contributed by atoms with E-state index in [1.807, 2.05) is 48.5 Å². The molecule has 0 aromatic heterocycles. The third kappa shape index (κ3) is 5.74. The predicted molar refractivity (Wildman–Crippen MR) is 121 cm³/mol. The van der Waals surface area contributed by atoms with Crippen LogP contribution in [-0.2, 0) is 4.74 Å². The quantitative estimate of drug-likeness (QED) is 0.638. The van der Waals surface area contributed by atoms with E-state index >= 15 is 0 Å². The van der Waals surface area contributed by atoms with Gasteiger partial charge in [-0.3, -0.25) is 9.80 Å². The summed E-state index contributed by atoms with van der Waals surface area (Å²) in [5, 5.41) is 0. The minimum Gasteiger partial charge on any atom is -0.497 e. The molecule has 168 valence electrons. The molecule has 2 aromatic carbocycles. The number of hydrogen-bond acceptors (Lipinski definition) is 6. The number of piperidine rings is 1. The monoisotopic (exact) mass is 448 g/mol. The first kappa shape index (κ1) is 23.0. The molecule has 8 heteroatoms. The number of halogens is 1. The molecule has 2 aromatic rings. The maximum Gasteiger partial charge on any atom is 0.414 e. The SMILES string of the molecule is COc1ccc(N2C[C@H](CN3CCC(Oc4cccc(OC)c4)CC3)OC2=O)cc1.Cl. The number of amides is 1. The van der Waals surface area contributed by atoms with Crippen molar-refractivity contribution in [3.63, 3.8) is 0 Å². The fourth-order valence-electron chi connectivity index (χ4n) is 3.95. The van der Waals surface area contributed by atoms with Crippen LogP contribution in [0, 0.1) is 0 Å². The molecule has 2 heterocycles. The van der Waals surface area contributed by atoms with Crippen molar-refractivity contribution < 1.29 is 23.7 Å². The maximum atomic E-state index is 12.3. The number of anilines is 1. The van der Waals surface area contributed by atoms with Gasteiger partial charge >= 0.3 is 6.09 Å². The largest absolute Gasteiger partial charge is 0.497 e. The lowest BCUT2D eigenvalue weighted by molar-refractivity contribution is 0.0654. The van der Waals surface area contributed by atoms with Crippen LogP contribution in [0.1, 0.15) is 12.8 Å². The molecule has 31 heavy (non-hydrogen) atoms. The Morgan fingerprint density at radius 1 is 0.968 bits per heavy atom. The molecule has 0 radical (unpaired) electrons. The average Bonchev–Trinajstić information content (AvgIpc) is 3.15. The summed E-state index contributed by atoms with van der Waals surface area (Å²) in [6.07, 6.45) is 1.66. The molecule has 2 aliphatic rings. The van der Waals surface area contributed by atoms with E-state index in [-0.39, 0.29) is 30.7 Å². The first-order valence-corrected chi connectivity index (χ1v) is 10.3. The Labute approximate surface area is 189 Å². The minimum atomic E-state index is -0.290. The summed E-state index contributed by atoms with van der Waals surface area (Å²) in [7, 11) is 3.28. The van der Waals surface area contributed by atoms with Crippen LogP contribution in [0.3, 0.4) is 0 Å². The van der Waals surface area contributed by atoms with Gasteiger partial charge in [0.2, 0.25) is 0 Å². The second kappa shape index (κ2) is 10.6.